The molecule has 0 aliphatic rings. The number of fused-ring (bicyclic) bond motifs is 1. The minimum Gasteiger partial charge on any atom is -0.330 e. The second-order valence-electron chi connectivity index (χ2n) is 4.17. The number of nitrogens with two attached hydrogens (primary N) is 1. The van der Waals surface area contributed by atoms with Crippen molar-refractivity contribution in [3.8, 4) is 0 Å². The lowest BCUT2D eigenvalue weighted by molar-refractivity contribution is 0.839. The number of benzene rings is 1. The topological polar surface area (TPSA) is 56.2 Å². The normalized spacial score (nSPS) is 11.6. The molecule has 1 aromatic carbocycles. The van der Waals surface area contributed by atoms with Crippen LogP contribution in [0.25, 0.3) is 17.1 Å². The fraction of sp³-hybridized carbons (Fsp3) is 0.143. The summed E-state index contributed by atoms with van der Waals surface area (Å²) in [5.74, 6) is 0.731. The summed E-state index contributed by atoms with van der Waals surface area (Å²) in [4.78, 5) is 5.39. The third kappa shape index (κ3) is 2.57. The first-order valence-corrected chi connectivity index (χ1v) is 7.01. The van der Waals surface area contributed by atoms with Gasteiger partial charge in [-0.3, -0.25) is 0 Å². The lowest BCUT2D eigenvalue weighted by Gasteiger charge is -1.92. The molecule has 2 aromatic heterocycles. The van der Waals surface area contributed by atoms with Gasteiger partial charge < -0.3 is 5.73 Å². The number of nitrogens with zero attached hydrogens (tertiary/aromatic N) is 3. The second kappa shape index (κ2) is 5.34. The molecule has 0 amide bonds. The zero-order valence-corrected chi connectivity index (χ0v) is 11.2. The molecular formula is C14H14N4S. The van der Waals surface area contributed by atoms with E-state index < -0.39 is 0 Å². The van der Waals surface area contributed by atoms with Crippen LogP contribution in [0.3, 0.4) is 0 Å². The van der Waals surface area contributed by atoms with Crippen molar-refractivity contribution in [3.63, 3.8) is 0 Å². The van der Waals surface area contributed by atoms with Gasteiger partial charge in [-0.15, -0.1) is 16.4 Å². The molecule has 0 atom stereocenters. The van der Waals surface area contributed by atoms with E-state index in [1.807, 2.05) is 34.9 Å². The lowest BCUT2D eigenvalue weighted by atomic mass is 10.2. The van der Waals surface area contributed by atoms with Gasteiger partial charge in [-0.05, 0) is 18.2 Å². The predicted octanol–water partition coefficient (Wildman–Crippen LogP) is 2.46. The molecule has 0 saturated carbocycles. The minimum atomic E-state index is 0.626. The van der Waals surface area contributed by atoms with Gasteiger partial charge >= 0.3 is 0 Å². The maximum Gasteiger partial charge on any atom is 0.212 e. The summed E-state index contributed by atoms with van der Waals surface area (Å²) >= 11 is 1.60. The van der Waals surface area contributed by atoms with E-state index >= 15 is 0 Å². The van der Waals surface area contributed by atoms with Gasteiger partial charge in [0.15, 0.2) is 5.82 Å². The van der Waals surface area contributed by atoms with Crippen LogP contribution in [0.2, 0.25) is 0 Å². The Morgan fingerprint density at radius 1 is 1.21 bits per heavy atom. The van der Waals surface area contributed by atoms with E-state index in [0.717, 1.165) is 28.5 Å². The molecule has 2 heterocycles. The van der Waals surface area contributed by atoms with E-state index in [2.05, 4.69) is 27.6 Å². The van der Waals surface area contributed by atoms with Crippen LogP contribution in [0.4, 0.5) is 0 Å². The highest BCUT2D eigenvalue weighted by Gasteiger charge is 2.07. The Bertz CT molecular complexity index is 697. The molecule has 0 fully saturated rings. The molecule has 0 radical (unpaired) electrons. The molecule has 96 valence electrons. The Morgan fingerprint density at radius 3 is 2.84 bits per heavy atom. The van der Waals surface area contributed by atoms with Crippen LogP contribution in [0.15, 0.2) is 35.7 Å². The Balaban J connectivity index is 1.87. The Kier molecular flexibility index (Phi) is 3.39. The van der Waals surface area contributed by atoms with Crippen LogP contribution in [0.1, 0.15) is 17.1 Å². The van der Waals surface area contributed by atoms with Crippen molar-refractivity contribution < 1.29 is 0 Å². The van der Waals surface area contributed by atoms with Crippen molar-refractivity contribution in [2.75, 3.05) is 6.54 Å². The standard InChI is InChI=1S/C14H14N4S/c15-9-8-12-10-19-14-16-13(17-18(12)14)7-6-11-4-2-1-3-5-11/h1-7,10H,8-9,15H2/b7-6+. The first-order chi connectivity index (χ1) is 9.36. The average Bonchev–Trinajstić information content (AvgIpc) is 3.00. The molecule has 19 heavy (non-hydrogen) atoms. The van der Waals surface area contributed by atoms with Crippen molar-refractivity contribution in [1.82, 2.24) is 14.6 Å². The van der Waals surface area contributed by atoms with Crippen LogP contribution in [-0.4, -0.2) is 21.1 Å². The largest absolute Gasteiger partial charge is 0.330 e. The summed E-state index contributed by atoms with van der Waals surface area (Å²) in [6.45, 7) is 0.626. The molecule has 0 aliphatic heterocycles. The predicted molar refractivity (Wildman–Crippen MR) is 79.0 cm³/mol. The summed E-state index contributed by atoms with van der Waals surface area (Å²) in [7, 11) is 0. The molecule has 0 saturated heterocycles. The number of thiazole rings is 1. The third-order valence-electron chi connectivity index (χ3n) is 2.79. The van der Waals surface area contributed by atoms with Crippen LogP contribution in [0.5, 0.6) is 0 Å². The van der Waals surface area contributed by atoms with E-state index in [1.54, 1.807) is 11.3 Å². The molecule has 0 spiro atoms. The average molecular weight is 270 g/mol. The number of rotatable bonds is 4. The summed E-state index contributed by atoms with van der Waals surface area (Å²) in [6, 6.07) is 10.1. The van der Waals surface area contributed by atoms with E-state index in [0.29, 0.717) is 6.54 Å². The van der Waals surface area contributed by atoms with E-state index in [1.165, 1.54) is 0 Å². The number of aromatic nitrogens is 3. The fourth-order valence-electron chi connectivity index (χ4n) is 1.87. The van der Waals surface area contributed by atoms with Crippen LogP contribution in [0, 0.1) is 0 Å². The zero-order valence-electron chi connectivity index (χ0n) is 10.4. The highest BCUT2D eigenvalue weighted by molar-refractivity contribution is 7.15. The highest BCUT2D eigenvalue weighted by Crippen LogP contribution is 2.15. The van der Waals surface area contributed by atoms with Crippen LogP contribution < -0.4 is 5.73 Å². The summed E-state index contributed by atoms with van der Waals surface area (Å²) in [5.41, 5.74) is 7.84. The molecule has 2 N–H and O–H groups in total. The smallest absolute Gasteiger partial charge is 0.212 e. The first-order valence-electron chi connectivity index (χ1n) is 6.13. The van der Waals surface area contributed by atoms with Crippen molar-refractivity contribution in [1.29, 1.82) is 0 Å². The van der Waals surface area contributed by atoms with Crippen LogP contribution >= 0.6 is 11.3 Å². The quantitative estimate of drug-likeness (QED) is 0.792. The molecule has 5 heteroatoms. The van der Waals surface area contributed by atoms with Crippen molar-refractivity contribution in [3.05, 3.63) is 52.8 Å². The summed E-state index contributed by atoms with van der Waals surface area (Å²) in [6.07, 6.45) is 4.77. The second-order valence-corrected chi connectivity index (χ2v) is 5.01. The third-order valence-corrected chi connectivity index (χ3v) is 3.66. The number of hydrogen-bond donors (Lipinski definition) is 1. The first kappa shape index (κ1) is 12.1. The van der Waals surface area contributed by atoms with Crippen molar-refractivity contribution in [2.45, 2.75) is 6.42 Å². The van der Waals surface area contributed by atoms with Gasteiger partial charge in [0.25, 0.3) is 0 Å². The molecule has 0 unspecified atom stereocenters. The Labute approximate surface area is 115 Å². The molecule has 3 rings (SSSR count). The van der Waals surface area contributed by atoms with Gasteiger partial charge in [-0.2, -0.15) is 4.98 Å². The molecule has 3 aromatic rings. The van der Waals surface area contributed by atoms with Crippen LogP contribution in [-0.2, 0) is 6.42 Å². The monoisotopic (exact) mass is 270 g/mol. The van der Waals surface area contributed by atoms with Gasteiger partial charge in [0.1, 0.15) is 0 Å². The lowest BCUT2D eigenvalue weighted by Crippen LogP contribution is -2.05. The summed E-state index contributed by atoms with van der Waals surface area (Å²) < 4.78 is 1.88. The van der Waals surface area contributed by atoms with E-state index in [9.17, 15) is 0 Å². The molecule has 0 bridgehead atoms. The van der Waals surface area contributed by atoms with Gasteiger partial charge in [0, 0.05) is 11.8 Å². The maximum atomic E-state index is 5.58. The molecule has 4 nitrogen and oxygen atoms in total. The van der Waals surface area contributed by atoms with E-state index in [4.69, 9.17) is 5.73 Å². The Morgan fingerprint density at radius 2 is 2.05 bits per heavy atom. The highest BCUT2D eigenvalue weighted by atomic mass is 32.1. The van der Waals surface area contributed by atoms with Gasteiger partial charge in [-0.25, -0.2) is 4.52 Å². The SMILES string of the molecule is NCCc1csc2nc(/C=C/c3ccccc3)nn12. The minimum absolute atomic E-state index is 0.626. The van der Waals surface area contributed by atoms with Crippen molar-refractivity contribution in [2.24, 2.45) is 5.73 Å². The fourth-order valence-corrected chi connectivity index (χ4v) is 2.73. The molecular weight excluding hydrogens is 256 g/mol. The van der Waals surface area contributed by atoms with E-state index in [-0.39, 0.29) is 0 Å². The zero-order chi connectivity index (χ0) is 13.1. The molecule has 0 aliphatic carbocycles. The Hall–Kier alpha value is -1.98. The maximum absolute atomic E-state index is 5.58. The summed E-state index contributed by atoms with van der Waals surface area (Å²) in [5, 5.41) is 6.54. The number of hydrogen-bond acceptors (Lipinski definition) is 4. The van der Waals surface area contributed by atoms with Crippen molar-refractivity contribution >= 4 is 28.4 Å². The van der Waals surface area contributed by atoms with Gasteiger partial charge in [-0.1, -0.05) is 36.4 Å². The van der Waals surface area contributed by atoms with Gasteiger partial charge in [0.2, 0.25) is 4.96 Å². The van der Waals surface area contributed by atoms with Gasteiger partial charge in [0.05, 0.1) is 5.69 Å².